The number of nitrogens with one attached hydrogen (secondary N) is 1. The van der Waals surface area contributed by atoms with Crippen molar-refractivity contribution in [2.24, 2.45) is 0 Å². The molecule has 1 heterocycles. The van der Waals surface area contributed by atoms with Crippen LogP contribution in [0.5, 0.6) is 11.5 Å². The first-order chi connectivity index (χ1) is 14.0. The maximum absolute atomic E-state index is 12.1. The Hall–Kier alpha value is -3.58. The van der Waals surface area contributed by atoms with Crippen molar-refractivity contribution in [3.05, 3.63) is 82.2 Å². The number of hydrogen-bond acceptors (Lipinski definition) is 6. The van der Waals surface area contributed by atoms with E-state index in [0.29, 0.717) is 16.2 Å². The molecule has 0 unspecified atom stereocenters. The van der Waals surface area contributed by atoms with Crippen molar-refractivity contribution in [2.45, 2.75) is 0 Å². The van der Waals surface area contributed by atoms with Crippen LogP contribution in [0.4, 0.5) is 0 Å². The summed E-state index contributed by atoms with van der Waals surface area (Å²) >= 11 is 5.85. The minimum atomic E-state index is -0.799. The number of carbonyl (C=O) groups is 2. The third-order valence-electron chi connectivity index (χ3n) is 3.74. The van der Waals surface area contributed by atoms with Gasteiger partial charge in [0.15, 0.2) is 6.61 Å². The van der Waals surface area contributed by atoms with E-state index in [4.69, 9.17) is 25.5 Å². The second-order valence-corrected chi connectivity index (χ2v) is 6.30. The third kappa shape index (κ3) is 5.24. The van der Waals surface area contributed by atoms with Crippen LogP contribution in [0.1, 0.15) is 10.4 Å². The van der Waals surface area contributed by atoms with Crippen LogP contribution < -0.4 is 20.4 Å². The van der Waals surface area contributed by atoms with E-state index in [1.807, 2.05) is 0 Å². The van der Waals surface area contributed by atoms with Crippen molar-refractivity contribution in [1.29, 1.82) is 0 Å². The summed E-state index contributed by atoms with van der Waals surface area (Å²) in [7, 11) is 0. The molecule has 3 rings (SSSR count). The summed E-state index contributed by atoms with van der Waals surface area (Å²) in [5, 5.41) is 3.50. The average Bonchev–Trinajstić information content (AvgIpc) is 2.70. The van der Waals surface area contributed by atoms with Crippen LogP contribution in [0.25, 0.3) is 11.0 Å². The maximum Gasteiger partial charge on any atom is 0.349 e. The Morgan fingerprint density at radius 2 is 1.97 bits per heavy atom. The van der Waals surface area contributed by atoms with E-state index in [2.05, 4.69) is 11.9 Å². The van der Waals surface area contributed by atoms with Crippen LogP contribution in [0.2, 0.25) is 5.02 Å². The first-order valence-corrected chi connectivity index (χ1v) is 8.90. The lowest BCUT2D eigenvalue weighted by Gasteiger charge is -2.08. The number of halogens is 1. The minimum Gasteiger partial charge on any atom is -0.482 e. The van der Waals surface area contributed by atoms with E-state index in [0.717, 1.165) is 0 Å². The fourth-order valence-corrected chi connectivity index (χ4v) is 2.61. The molecular formula is C21H16ClNO6. The monoisotopic (exact) mass is 413 g/mol. The molecular weight excluding hydrogens is 398 g/mol. The normalized spacial score (nSPS) is 10.4. The highest BCUT2D eigenvalue weighted by Crippen LogP contribution is 2.21. The van der Waals surface area contributed by atoms with Crippen LogP contribution in [0.3, 0.4) is 0 Å². The van der Waals surface area contributed by atoms with Gasteiger partial charge in [0.05, 0.1) is 0 Å². The van der Waals surface area contributed by atoms with Gasteiger partial charge in [0, 0.05) is 23.0 Å². The molecule has 29 heavy (non-hydrogen) atoms. The first-order valence-electron chi connectivity index (χ1n) is 8.52. The van der Waals surface area contributed by atoms with Gasteiger partial charge < -0.3 is 19.2 Å². The van der Waals surface area contributed by atoms with Gasteiger partial charge in [0.1, 0.15) is 22.6 Å². The largest absolute Gasteiger partial charge is 0.482 e. The molecule has 3 aromatic rings. The molecule has 1 aromatic heterocycles. The van der Waals surface area contributed by atoms with E-state index >= 15 is 0 Å². The smallest absolute Gasteiger partial charge is 0.349 e. The summed E-state index contributed by atoms with van der Waals surface area (Å²) in [6.07, 6.45) is 1.50. The number of amides is 1. The summed E-state index contributed by atoms with van der Waals surface area (Å²) in [5.41, 5.74) is -0.748. The Labute approximate surface area is 170 Å². The van der Waals surface area contributed by atoms with Gasteiger partial charge in [-0.3, -0.25) is 4.79 Å². The molecule has 0 saturated carbocycles. The Kier molecular flexibility index (Phi) is 6.31. The topological polar surface area (TPSA) is 94.8 Å². The van der Waals surface area contributed by atoms with E-state index in [1.54, 1.807) is 30.3 Å². The lowest BCUT2D eigenvalue weighted by Crippen LogP contribution is -2.28. The Balaban J connectivity index is 1.70. The van der Waals surface area contributed by atoms with E-state index in [-0.39, 0.29) is 30.0 Å². The zero-order valence-corrected chi connectivity index (χ0v) is 15.9. The Morgan fingerprint density at radius 3 is 2.72 bits per heavy atom. The minimum absolute atomic E-state index is 0.126. The highest BCUT2D eigenvalue weighted by atomic mass is 35.5. The molecule has 0 spiro atoms. The van der Waals surface area contributed by atoms with Gasteiger partial charge >= 0.3 is 11.6 Å². The number of rotatable bonds is 7. The molecule has 0 aliphatic rings. The van der Waals surface area contributed by atoms with Crippen molar-refractivity contribution in [1.82, 2.24) is 5.32 Å². The number of esters is 1. The first kappa shape index (κ1) is 20.2. The summed E-state index contributed by atoms with van der Waals surface area (Å²) < 4.78 is 15.7. The quantitative estimate of drug-likeness (QED) is 0.276. The van der Waals surface area contributed by atoms with Crippen molar-refractivity contribution in [2.75, 3.05) is 13.2 Å². The molecule has 0 fully saturated rings. The molecule has 0 aliphatic heterocycles. The van der Waals surface area contributed by atoms with Crippen LogP contribution in [0.15, 0.2) is 70.4 Å². The zero-order chi connectivity index (χ0) is 20.8. The number of fused-ring (bicyclic) bond motifs is 1. The lowest BCUT2D eigenvalue weighted by atomic mass is 10.1. The molecule has 0 saturated heterocycles. The standard InChI is InChI=1S/C21H16ClNO6/c1-2-8-23-20(25)17-9-13-6-7-16(11-18(13)29-21(17)26)28-19(24)12-27-15-5-3-4-14(22)10-15/h2-7,9-11H,1,8,12H2,(H,23,25). The SMILES string of the molecule is C=CCNC(=O)c1cc2ccc(OC(=O)COc3cccc(Cl)c3)cc2oc1=O. The Bertz CT molecular complexity index is 1140. The predicted molar refractivity (Wildman–Crippen MR) is 108 cm³/mol. The van der Waals surface area contributed by atoms with Gasteiger partial charge in [0.2, 0.25) is 0 Å². The summed E-state index contributed by atoms with van der Waals surface area (Å²) in [6, 6.07) is 12.5. The van der Waals surface area contributed by atoms with Gasteiger partial charge in [-0.25, -0.2) is 9.59 Å². The highest BCUT2D eigenvalue weighted by Gasteiger charge is 2.14. The van der Waals surface area contributed by atoms with Gasteiger partial charge in [-0.05, 0) is 36.4 Å². The average molecular weight is 414 g/mol. The van der Waals surface area contributed by atoms with Crippen LogP contribution in [0, 0.1) is 0 Å². The molecule has 1 N–H and O–H groups in total. The molecule has 0 bridgehead atoms. The zero-order valence-electron chi connectivity index (χ0n) is 15.1. The number of ether oxygens (including phenoxy) is 2. The summed E-state index contributed by atoms with van der Waals surface area (Å²) in [6.45, 7) is 3.39. The van der Waals surface area contributed by atoms with Crippen LogP contribution in [-0.4, -0.2) is 25.0 Å². The number of carbonyl (C=O) groups excluding carboxylic acids is 2. The predicted octanol–water partition coefficient (Wildman–Crippen LogP) is 3.35. The maximum atomic E-state index is 12.1. The molecule has 7 nitrogen and oxygen atoms in total. The van der Waals surface area contributed by atoms with E-state index in [1.165, 1.54) is 24.3 Å². The second-order valence-electron chi connectivity index (χ2n) is 5.87. The van der Waals surface area contributed by atoms with Gasteiger partial charge in [-0.15, -0.1) is 6.58 Å². The van der Waals surface area contributed by atoms with Gasteiger partial charge in [-0.2, -0.15) is 0 Å². The van der Waals surface area contributed by atoms with Gasteiger partial charge in [-0.1, -0.05) is 23.7 Å². The number of benzene rings is 2. The second kappa shape index (κ2) is 9.07. The summed E-state index contributed by atoms with van der Waals surface area (Å²) in [4.78, 5) is 36.0. The molecule has 0 atom stereocenters. The van der Waals surface area contributed by atoms with E-state index < -0.39 is 17.5 Å². The highest BCUT2D eigenvalue weighted by molar-refractivity contribution is 6.30. The molecule has 8 heteroatoms. The fraction of sp³-hybridized carbons (Fsp3) is 0.0952. The van der Waals surface area contributed by atoms with Gasteiger partial charge in [0.25, 0.3) is 5.91 Å². The van der Waals surface area contributed by atoms with Crippen molar-refractivity contribution in [3.8, 4) is 11.5 Å². The summed E-state index contributed by atoms with van der Waals surface area (Å²) in [5.74, 6) is -0.605. The van der Waals surface area contributed by atoms with Crippen LogP contribution >= 0.6 is 11.6 Å². The van der Waals surface area contributed by atoms with Crippen molar-refractivity contribution in [3.63, 3.8) is 0 Å². The van der Waals surface area contributed by atoms with Crippen LogP contribution in [-0.2, 0) is 4.79 Å². The third-order valence-corrected chi connectivity index (χ3v) is 3.98. The molecule has 0 aliphatic carbocycles. The van der Waals surface area contributed by atoms with Crippen molar-refractivity contribution >= 4 is 34.4 Å². The number of hydrogen-bond donors (Lipinski definition) is 1. The lowest BCUT2D eigenvalue weighted by molar-refractivity contribution is -0.136. The molecule has 2 aromatic carbocycles. The van der Waals surface area contributed by atoms with E-state index in [9.17, 15) is 14.4 Å². The molecule has 0 radical (unpaired) electrons. The van der Waals surface area contributed by atoms with Crippen molar-refractivity contribution < 1.29 is 23.5 Å². The molecule has 1 amide bonds. The molecule has 148 valence electrons. The Morgan fingerprint density at radius 1 is 1.14 bits per heavy atom. The fourth-order valence-electron chi connectivity index (χ4n) is 2.43.